The van der Waals surface area contributed by atoms with Crippen molar-refractivity contribution in [3.05, 3.63) is 48.3 Å². The monoisotopic (exact) mass is 260 g/mol. The van der Waals surface area contributed by atoms with E-state index < -0.39 is 11.8 Å². The number of hydrogen-bond acceptors (Lipinski definition) is 4. The lowest BCUT2D eigenvalue weighted by Gasteiger charge is -2.02. The molecule has 0 radical (unpaired) electrons. The van der Waals surface area contributed by atoms with Crippen molar-refractivity contribution in [3.8, 4) is 5.69 Å². The quantitative estimate of drug-likeness (QED) is 0.740. The van der Waals surface area contributed by atoms with Crippen LogP contribution in [0.15, 0.2) is 42.6 Å². The van der Waals surface area contributed by atoms with Gasteiger partial charge in [-0.15, -0.1) is 0 Å². The van der Waals surface area contributed by atoms with Crippen LogP contribution in [0.5, 0.6) is 0 Å². The van der Waals surface area contributed by atoms with E-state index in [-0.39, 0.29) is 12.3 Å². The lowest BCUT2D eigenvalue weighted by atomic mass is 10.3. The number of benzene rings is 1. The van der Waals surface area contributed by atoms with Crippen LogP contribution < -0.4 is 11.2 Å². The predicted octanol–water partition coefficient (Wildman–Crippen LogP) is 0.0190. The van der Waals surface area contributed by atoms with Crippen LogP contribution in [-0.4, -0.2) is 28.2 Å². The fraction of sp³-hybridized carbons (Fsp3) is 0.0833. The summed E-state index contributed by atoms with van der Waals surface area (Å²) in [6.07, 6.45) is 1.65. The highest BCUT2D eigenvalue weighted by molar-refractivity contribution is 5.91. The molecule has 0 aliphatic carbocycles. The Bertz CT molecular complexity index is 580. The SMILES string of the molecule is NC(=O)CONC(=O)c1ccn(-c2ccccc2)n1. The molecule has 2 aromatic rings. The Hall–Kier alpha value is -2.67. The van der Waals surface area contributed by atoms with Gasteiger partial charge in [0.2, 0.25) is 5.91 Å². The number of nitrogens with two attached hydrogens (primary N) is 1. The molecule has 0 atom stereocenters. The number of rotatable bonds is 5. The number of carbonyl (C=O) groups is 2. The molecule has 0 aliphatic rings. The van der Waals surface area contributed by atoms with E-state index in [9.17, 15) is 9.59 Å². The van der Waals surface area contributed by atoms with Crippen LogP contribution in [0, 0.1) is 0 Å². The molecular weight excluding hydrogens is 248 g/mol. The summed E-state index contributed by atoms with van der Waals surface area (Å²) in [6, 6.07) is 10.9. The van der Waals surface area contributed by atoms with Crippen LogP contribution in [0.3, 0.4) is 0 Å². The van der Waals surface area contributed by atoms with Crippen molar-refractivity contribution in [3.63, 3.8) is 0 Å². The van der Waals surface area contributed by atoms with Crippen molar-refractivity contribution in [1.29, 1.82) is 0 Å². The maximum Gasteiger partial charge on any atom is 0.295 e. The standard InChI is InChI=1S/C12H12N4O3/c13-11(17)8-19-15-12(18)10-6-7-16(14-10)9-4-2-1-3-5-9/h1-7H,8H2,(H2,13,17)(H,15,18). The molecule has 19 heavy (non-hydrogen) atoms. The predicted molar refractivity (Wildman–Crippen MR) is 66.2 cm³/mol. The summed E-state index contributed by atoms with van der Waals surface area (Å²) in [7, 11) is 0. The molecule has 0 fully saturated rings. The van der Waals surface area contributed by atoms with Gasteiger partial charge in [-0.05, 0) is 18.2 Å². The summed E-state index contributed by atoms with van der Waals surface area (Å²) in [5, 5.41) is 4.09. The number of amides is 2. The smallest absolute Gasteiger partial charge is 0.295 e. The van der Waals surface area contributed by atoms with E-state index >= 15 is 0 Å². The van der Waals surface area contributed by atoms with Gasteiger partial charge in [0.25, 0.3) is 5.91 Å². The largest absolute Gasteiger partial charge is 0.368 e. The van der Waals surface area contributed by atoms with Crippen LogP contribution in [0.25, 0.3) is 5.69 Å². The van der Waals surface area contributed by atoms with Crippen molar-refractivity contribution in [2.75, 3.05) is 6.61 Å². The normalized spacial score (nSPS) is 10.1. The third-order valence-corrected chi connectivity index (χ3v) is 2.22. The first kappa shape index (κ1) is 12.8. The molecule has 0 saturated carbocycles. The Morgan fingerprint density at radius 1 is 1.26 bits per heavy atom. The number of hydroxylamine groups is 1. The zero-order valence-corrected chi connectivity index (χ0v) is 9.95. The minimum absolute atomic E-state index is 0.174. The molecule has 98 valence electrons. The number of hydrogen-bond donors (Lipinski definition) is 2. The Morgan fingerprint density at radius 2 is 2.00 bits per heavy atom. The Balaban J connectivity index is 2.01. The number of nitrogens with zero attached hydrogens (tertiary/aromatic N) is 2. The number of nitrogens with one attached hydrogen (secondary N) is 1. The molecule has 0 bridgehead atoms. The average molecular weight is 260 g/mol. The first-order valence-electron chi connectivity index (χ1n) is 5.48. The van der Waals surface area contributed by atoms with E-state index in [1.54, 1.807) is 10.9 Å². The summed E-state index contributed by atoms with van der Waals surface area (Å²) in [6.45, 7) is -0.384. The Kier molecular flexibility index (Phi) is 3.89. The first-order chi connectivity index (χ1) is 9.16. The molecule has 2 amide bonds. The molecule has 0 saturated heterocycles. The molecule has 0 unspecified atom stereocenters. The van der Waals surface area contributed by atoms with E-state index in [4.69, 9.17) is 5.73 Å². The van der Waals surface area contributed by atoms with Crippen LogP contribution in [0.4, 0.5) is 0 Å². The highest BCUT2D eigenvalue weighted by Gasteiger charge is 2.10. The third-order valence-electron chi connectivity index (χ3n) is 2.22. The van der Waals surface area contributed by atoms with Crippen molar-refractivity contribution in [2.45, 2.75) is 0 Å². The maximum atomic E-state index is 11.6. The van der Waals surface area contributed by atoms with Gasteiger partial charge < -0.3 is 5.73 Å². The zero-order chi connectivity index (χ0) is 13.7. The van der Waals surface area contributed by atoms with Gasteiger partial charge in [0.1, 0.15) is 0 Å². The molecule has 1 heterocycles. The second kappa shape index (κ2) is 5.78. The second-order valence-corrected chi connectivity index (χ2v) is 3.67. The fourth-order valence-corrected chi connectivity index (χ4v) is 1.39. The van der Waals surface area contributed by atoms with Crippen LogP contribution in [-0.2, 0) is 9.63 Å². The summed E-state index contributed by atoms with van der Waals surface area (Å²) < 4.78 is 1.56. The van der Waals surface area contributed by atoms with E-state index in [0.717, 1.165) is 5.69 Å². The molecule has 0 spiro atoms. The molecule has 7 heteroatoms. The van der Waals surface area contributed by atoms with Gasteiger partial charge >= 0.3 is 0 Å². The summed E-state index contributed by atoms with van der Waals surface area (Å²) in [5.41, 5.74) is 7.95. The number of para-hydroxylation sites is 1. The summed E-state index contributed by atoms with van der Waals surface area (Å²) in [5.74, 6) is -1.22. The van der Waals surface area contributed by atoms with Crippen molar-refractivity contribution < 1.29 is 14.4 Å². The van der Waals surface area contributed by atoms with Crippen LogP contribution >= 0.6 is 0 Å². The lowest BCUT2D eigenvalue weighted by molar-refractivity contribution is -0.124. The third kappa shape index (κ3) is 3.39. The van der Waals surface area contributed by atoms with Gasteiger partial charge in [-0.2, -0.15) is 5.10 Å². The van der Waals surface area contributed by atoms with Crippen LogP contribution in [0.1, 0.15) is 10.5 Å². The zero-order valence-electron chi connectivity index (χ0n) is 9.95. The van der Waals surface area contributed by atoms with Crippen LogP contribution in [0.2, 0.25) is 0 Å². The van der Waals surface area contributed by atoms with Gasteiger partial charge in [-0.25, -0.2) is 10.2 Å². The van der Waals surface area contributed by atoms with E-state index in [2.05, 4.69) is 15.4 Å². The highest BCUT2D eigenvalue weighted by atomic mass is 16.7. The molecule has 0 aliphatic heterocycles. The number of carbonyl (C=O) groups excluding carboxylic acids is 2. The maximum absolute atomic E-state index is 11.6. The summed E-state index contributed by atoms with van der Waals surface area (Å²) >= 11 is 0. The Morgan fingerprint density at radius 3 is 2.68 bits per heavy atom. The molecule has 1 aromatic carbocycles. The molecule has 3 N–H and O–H groups in total. The average Bonchev–Trinajstić information content (AvgIpc) is 2.89. The molecule has 2 rings (SSSR count). The van der Waals surface area contributed by atoms with Crippen molar-refractivity contribution in [1.82, 2.24) is 15.3 Å². The minimum Gasteiger partial charge on any atom is -0.368 e. The number of primary amides is 1. The van der Waals surface area contributed by atoms with Gasteiger partial charge in [-0.1, -0.05) is 18.2 Å². The molecule has 7 nitrogen and oxygen atoms in total. The fourth-order valence-electron chi connectivity index (χ4n) is 1.39. The minimum atomic E-state index is -0.671. The first-order valence-corrected chi connectivity index (χ1v) is 5.48. The number of aromatic nitrogens is 2. The van der Waals surface area contributed by atoms with E-state index in [0.29, 0.717) is 0 Å². The topological polar surface area (TPSA) is 99.2 Å². The van der Waals surface area contributed by atoms with Gasteiger partial charge in [-0.3, -0.25) is 14.4 Å². The van der Waals surface area contributed by atoms with E-state index in [1.807, 2.05) is 30.3 Å². The second-order valence-electron chi connectivity index (χ2n) is 3.67. The summed E-state index contributed by atoms with van der Waals surface area (Å²) in [4.78, 5) is 26.6. The van der Waals surface area contributed by atoms with E-state index in [1.165, 1.54) is 6.07 Å². The van der Waals surface area contributed by atoms with Gasteiger partial charge in [0, 0.05) is 6.20 Å². The lowest BCUT2D eigenvalue weighted by Crippen LogP contribution is -2.29. The van der Waals surface area contributed by atoms with Gasteiger partial charge in [0.15, 0.2) is 12.3 Å². The Labute approximate surface area is 108 Å². The molecule has 1 aromatic heterocycles. The highest BCUT2D eigenvalue weighted by Crippen LogP contribution is 2.06. The molecular formula is C12H12N4O3. The van der Waals surface area contributed by atoms with Gasteiger partial charge in [0.05, 0.1) is 5.69 Å². The van der Waals surface area contributed by atoms with Crippen molar-refractivity contribution in [2.24, 2.45) is 5.73 Å². The van der Waals surface area contributed by atoms with Crippen molar-refractivity contribution >= 4 is 11.8 Å².